The summed E-state index contributed by atoms with van der Waals surface area (Å²) < 4.78 is 0. The Labute approximate surface area is 117 Å². The molecule has 1 rings (SSSR count). The summed E-state index contributed by atoms with van der Waals surface area (Å²) in [6.45, 7) is 4.03. The standard InChI is InChI=1S/C15H30N2O2/c1-4-14(5-2,12-18)17-13(19)11-15(16-3)9-7-6-8-10-15/h16,18H,4-12H2,1-3H3,(H,17,19). The summed E-state index contributed by atoms with van der Waals surface area (Å²) in [5.41, 5.74) is -0.480. The molecule has 1 aliphatic carbocycles. The summed E-state index contributed by atoms with van der Waals surface area (Å²) in [5.74, 6) is 0.0639. The second-order valence-corrected chi connectivity index (χ2v) is 5.96. The molecule has 0 radical (unpaired) electrons. The molecule has 0 heterocycles. The van der Waals surface area contributed by atoms with Crippen molar-refractivity contribution in [1.82, 2.24) is 10.6 Å². The van der Waals surface area contributed by atoms with Crippen LogP contribution in [0.4, 0.5) is 0 Å². The molecule has 0 atom stereocenters. The summed E-state index contributed by atoms with van der Waals surface area (Å²) in [7, 11) is 1.96. The van der Waals surface area contributed by atoms with E-state index in [-0.39, 0.29) is 18.1 Å². The van der Waals surface area contributed by atoms with Crippen molar-refractivity contribution in [3.8, 4) is 0 Å². The highest BCUT2D eigenvalue weighted by molar-refractivity contribution is 5.78. The Kier molecular flexibility index (Phi) is 6.27. The van der Waals surface area contributed by atoms with Crippen molar-refractivity contribution in [3.05, 3.63) is 0 Å². The molecule has 0 saturated heterocycles. The maximum absolute atomic E-state index is 12.3. The van der Waals surface area contributed by atoms with E-state index in [0.29, 0.717) is 6.42 Å². The summed E-state index contributed by atoms with van der Waals surface area (Å²) in [5, 5.41) is 15.9. The zero-order chi connectivity index (χ0) is 14.4. The van der Waals surface area contributed by atoms with Gasteiger partial charge in [0.1, 0.15) is 0 Å². The number of carbonyl (C=O) groups excluding carboxylic acids is 1. The summed E-state index contributed by atoms with van der Waals surface area (Å²) in [4.78, 5) is 12.3. The van der Waals surface area contributed by atoms with E-state index in [4.69, 9.17) is 0 Å². The lowest BCUT2D eigenvalue weighted by molar-refractivity contribution is -0.125. The van der Waals surface area contributed by atoms with Crippen molar-refractivity contribution in [3.63, 3.8) is 0 Å². The maximum Gasteiger partial charge on any atom is 0.222 e. The number of hydrogen-bond donors (Lipinski definition) is 3. The first-order valence-electron chi connectivity index (χ1n) is 7.66. The molecule has 4 heteroatoms. The predicted molar refractivity (Wildman–Crippen MR) is 78.0 cm³/mol. The van der Waals surface area contributed by atoms with Crippen LogP contribution in [0.2, 0.25) is 0 Å². The van der Waals surface area contributed by atoms with Gasteiger partial charge < -0.3 is 15.7 Å². The van der Waals surface area contributed by atoms with Gasteiger partial charge in [0.05, 0.1) is 12.1 Å². The molecule has 0 aromatic carbocycles. The van der Waals surface area contributed by atoms with Crippen LogP contribution in [0, 0.1) is 0 Å². The van der Waals surface area contributed by atoms with E-state index in [1.54, 1.807) is 0 Å². The number of nitrogens with one attached hydrogen (secondary N) is 2. The summed E-state index contributed by atoms with van der Waals surface area (Å²) >= 11 is 0. The zero-order valence-electron chi connectivity index (χ0n) is 12.7. The minimum absolute atomic E-state index is 0.0122. The monoisotopic (exact) mass is 270 g/mol. The minimum Gasteiger partial charge on any atom is -0.394 e. The maximum atomic E-state index is 12.3. The zero-order valence-corrected chi connectivity index (χ0v) is 12.7. The number of carbonyl (C=O) groups is 1. The molecule has 4 nitrogen and oxygen atoms in total. The van der Waals surface area contributed by atoms with Gasteiger partial charge in [-0.2, -0.15) is 0 Å². The molecule has 1 saturated carbocycles. The quantitative estimate of drug-likeness (QED) is 0.663. The van der Waals surface area contributed by atoms with Gasteiger partial charge in [-0.25, -0.2) is 0 Å². The Morgan fingerprint density at radius 2 is 1.79 bits per heavy atom. The second kappa shape index (κ2) is 7.25. The highest BCUT2D eigenvalue weighted by atomic mass is 16.3. The van der Waals surface area contributed by atoms with Gasteiger partial charge in [-0.05, 0) is 32.7 Å². The van der Waals surface area contributed by atoms with Crippen molar-refractivity contribution in [1.29, 1.82) is 0 Å². The lowest BCUT2D eigenvalue weighted by Gasteiger charge is -2.38. The number of aliphatic hydroxyl groups is 1. The van der Waals surface area contributed by atoms with Gasteiger partial charge in [0.2, 0.25) is 5.91 Å². The fraction of sp³-hybridized carbons (Fsp3) is 0.933. The normalized spacial score (nSPS) is 19.2. The van der Waals surface area contributed by atoms with Crippen LogP contribution < -0.4 is 10.6 Å². The number of hydrogen-bond acceptors (Lipinski definition) is 3. The fourth-order valence-electron chi connectivity index (χ4n) is 3.08. The summed E-state index contributed by atoms with van der Waals surface area (Å²) in [6.07, 6.45) is 7.85. The second-order valence-electron chi connectivity index (χ2n) is 5.96. The molecule has 1 fully saturated rings. The molecule has 112 valence electrons. The number of rotatable bonds is 7. The van der Waals surface area contributed by atoms with E-state index < -0.39 is 5.54 Å². The predicted octanol–water partition coefficient (Wildman–Crippen LogP) is 1.97. The third-order valence-electron chi connectivity index (χ3n) is 4.90. The van der Waals surface area contributed by atoms with Gasteiger partial charge in [-0.15, -0.1) is 0 Å². The third-order valence-corrected chi connectivity index (χ3v) is 4.90. The molecule has 1 amide bonds. The molecule has 0 bridgehead atoms. The van der Waals surface area contributed by atoms with Crippen LogP contribution in [0.1, 0.15) is 65.2 Å². The Morgan fingerprint density at radius 1 is 1.21 bits per heavy atom. The first kappa shape index (κ1) is 16.4. The topological polar surface area (TPSA) is 61.4 Å². The van der Waals surface area contributed by atoms with E-state index in [0.717, 1.165) is 25.7 Å². The van der Waals surface area contributed by atoms with Crippen molar-refractivity contribution in [2.45, 2.75) is 76.3 Å². The molecular weight excluding hydrogens is 240 g/mol. The average Bonchev–Trinajstić information content (AvgIpc) is 2.46. The van der Waals surface area contributed by atoms with Crippen LogP contribution in [0.15, 0.2) is 0 Å². The Morgan fingerprint density at radius 3 is 2.21 bits per heavy atom. The molecule has 0 spiro atoms. The molecule has 0 unspecified atom stereocenters. The number of amides is 1. The third kappa shape index (κ3) is 4.18. The first-order chi connectivity index (χ1) is 9.05. The van der Waals surface area contributed by atoms with E-state index in [2.05, 4.69) is 10.6 Å². The van der Waals surface area contributed by atoms with Crippen molar-refractivity contribution in [2.75, 3.05) is 13.7 Å². The van der Waals surface area contributed by atoms with Gasteiger partial charge in [0.25, 0.3) is 0 Å². The largest absolute Gasteiger partial charge is 0.394 e. The first-order valence-corrected chi connectivity index (χ1v) is 7.66. The average molecular weight is 270 g/mol. The van der Waals surface area contributed by atoms with E-state index >= 15 is 0 Å². The lowest BCUT2D eigenvalue weighted by atomic mass is 9.79. The van der Waals surface area contributed by atoms with Gasteiger partial charge >= 0.3 is 0 Å². The van der Waals surface area contributed by atoms with Crippen molar-refractivity contribution >= 4 is 5.91 Å². The molecule has 1 aliphatic rings. The molecule has 0 aromatic rings. The van der Waals surface area contributed by atoms with Crippen molar-refractivity contribution < 1.29 is 9.90 Å². The Hall–Kier alpha value is -0.610. The van der Waals surface area contributed by atoms with Gasteiger partial charge in [-0.1, -0.05) is 33.1 Å². The van der Waals surface area contributed by atoms with E-state index in [1.165, 1.54) is 19.3 Å². The SMILES string of the molecule is CCC(CC)(CO)NC(=O)CC1(NC)CCCCC1. The van der Waals surface area contributed by atoms with Crippen LogP contribution >= 0.6 is 0 Å². The molecule has 19 heavy (non-hydrogen) atoms. The van der Waals surface area contributed by atoms with Gasteiger partial charge in [0, 0.05) is 12.0 Å². The molecule has 0 aromatic heterocycles. The van der Waals surface area contributed by atoms with Crippen LogP contribution in [0.5, 0.6) is 0 Å². The highest BCUT2D eigenvalue weighted by Crippen LogP contribution is 2.31. The smallest absolute Gasteiger partial charge is 0.222 e. The van der Waals surface area contributed by atoms with Gasteiger partial charge in [-0.3, -0.25) is 4.79 Å². The minimum atomic E-state index is -0.444. The van der Waals surface area contributed by atoms with E-state index in [9.17, 15) is 9.90 Å². The molecular formula is C15H30N2O2. The fourth-order valence-corrected chi connectivity index (χ4v) is 3.08. The number of aliphatic hydroxyl groups excluding tert-OH is 1. The van der Waals surface area contributed by atoms with Crippen LogP contribution in [0.25, 0.3) is 0 Å². The van der Waals surface area contributed by atoms with Crippen LogP contribution in [-0.2, 0) is 4.79 Å². The summed E-state index contributed by atoms with van der Waals surface area (Å²) in [6, 6.07) is 0. The Balaban J connectivity index is 2.62. The van der Waals surface area contributed by atoms with Crippen LogP contribution in [-0.4, -0.2) is 35.7 Å². The highest BCUT2D eigenvalue weighted by Gasteiger charge is 2.35. The van der Waals surface area contributed by atoms with Crippen molar-refractivity contribution in [2.24, 2.45) is 0 Å². The molecule has 3 N–H and O–H groups in total. The van der Waals surface area contributed by atoms with E-state index in [1.807, 2.05) is 20.9 Å². The van der Waals surface area contributed by atoms with Gasteiger partial charge in [0.15, 0.2) is 0 Å². The lowest BCUT2D eigenvalue weighted by Crippen LogP contribution is -2.54. The van der Waals surface area contributed by atoms with Crippen LogP contribution in [0.3, 0.4) is 0 Å². The Bertz CT molecular complexity index is 274. The molecule has 0 aliphatic heterocycles.